The van der Waals surface area contributed by atoms with E-state index < -0.39 is 0 Å². The van der Waals surface area contributed by atoms with Gasteiger partial charge in [0.1, 0.15) is 12.4 Å². The van der Waals surface area contributed by atoms with Gasteiger partial charge in [0, 0.05) is 32.3 Å². The number of thiophene rings is 1. The van der Waals surface area contributed by atoms with Crippen LogP contribution in [0.5, 0.6) is 11.5 Å². The van der Waals surface area contributed by atoms with Gasteiger partial charge in [0.2, 0.25) is 5.91 Å². The van der Waals surface area contributed by atoms with E-state index in [0.29, 0.717) is 44.3 Å². The molecule has 34 heavy (non-hydrogen) atoms. The zero-order chi connectivity index (χ0) is 24.1. The number of carbonyl (C=O) groups excluding carboxylic acids is 2. The molecule has 3 aromatic rings. The molecule has 1 fully saturated rings. The average molecular weight is 482 g/mol. The highest BCUT2D eigenvalue weighted by molar-refractivity contribution is 7.12. The van der Waals surface area contributed by atoms with Gasteiger partial charge in [-0.3, -0.25) is 9.59 Å². The zero-order valence-corrected chi connectivity index (χ0v) is 20.3. The van der Waals surface area contributed by atoms with Gasteiger partial charge >= 0.3 is 0 Å². The molecule has 178 valence electrons. The van der Waals surface area contributed by atoms with Crippen LogP contribution in [0.3, 0.4) is 0 Å². The first kappa shape index (κ1) is 23.6. The molecule has 0 unspecified atom stereocenters. The largest absolute Gasteiger partial charge is 0.493 e. The highest BCUT2D eigenvalue weighted by atomic mass is 32.1. The molecule has 1 aliphatic rings. The van der Waals surface area contributed by atoms with Crippen molar-refractivity contribution in [2.45, 2.75) is 20.5 Å². The van der Waals surface area contributed by atoms with Crippen LogP contribution in [-0.4, -0.2) is 60.1 Å². The summed E-state index contributed by atoms with van der Waals surface area (Å²) in [4.78, 5) is 29.4. The van der Waals surface area contributed by atoms with Gasteiger partial charge < -0.3 is 23.8 Å². The number of benzene rings is 1. The molecule has 0 bridgehead atoms. The summed E-state index contributed by atoms with van der Waals surface area (Å²) in [5.41, 5.74) is 2.53. The van der Waals surface area contributed by atoms with Crippen LogP contribution < -0.4 is 9.47 Å². The molecule has 2 amide bonds. The molecule has 0 aliphatic carbocycles. The van der Waals surface area contributed by atoms with Gasteiger partial charge in [0.25, 0.3) is 5.91 Å². The summed E-state index contributed by atoms with van der Waals surface area (Å²) < 4.78 is 16.6. The molecule has 9 heteroatoms. The van der Waals surface area contributed by atoms with Gasteiger partial charge in [-0.2, -0.15) is 0 Å². The molecule has 1 aromatic carbocycles. The number of carbonyl (C=O) groups is 2. The number of amides is 2. The highest BCUT2D eigenvalue weighted by Gasteiger charge is 2.24. The molecular formula is C25H27N3O5S. The molecule has 0 saturated carbocycles. The summed E-state index contributed by atoms with van der Waals surface area (Å²) in [6.07, 6.45) is 3.31. The van der Waals surface area contributed by atoms with Gasteiger partial charge in [-0.15, -0.1) is 11.3 Å². The van der Waals surface area contributed by atoms with Gasteiger partial charge in [-0.05, 0) is 49.1 Å². The van der Waals surface area contributed by atoms with Crippen molar-refractivity contribution >= 4 is 29.2 Å². The first-order valence-corrected chi connectivity index (χ1v) is 11.9. The van der Waals surface area contributed by atoms with Crippen molar-refractivity contribution in [3.05, 3.63) is 69.2 Å². The normalized spacial score (nSPS) is 14.0. The molecule has 2 aromatic heterocycles. The van der Waals surface area contributed by atoms with Gasteiger partial charge in [0.05, 0.1) is 23.2 Å². The Morgan fingerprint density at radius 3 is 2.53 bits per heavy atom. The topological polar surface area (TPSA) is 85.1 Å². The van der Waals surface area contributed by atoms with Crippen LogP contribution in [0.1, 0.15) is 32.3 Å². The van der Waals surface area contributed by atoms with Crippen LogP contribution in [0.15, 0.2) is 46.3 Å². The Morgan fingerprint density at radius 1 is 1.12 bits per heavy atom. The fourth-order valence-corrected chi connectivity index (χ4v) is 4.41. The Balaban J connectivity index is 1.33. The summed E-state index contributed by atoms with van der Waals surface area (Å²) in [5, 5.41) is 5.83. The minimum absolute atomic E-state index is 0.0291. The molecule has 0 atom stereocenters. The molecule has 0 N–H and O–H groups in total. The van der Waals surface area contributed by atoms with Crippen LogP contribution in [0, 0.1) is 13.8 Å². The number of piperazine rings is 1. The lowest BCUT2D eigenvalue weighted by molar-refractivity contribution is -0.127. The minimum atomic E-state index is -0.0825. The number of methoxy groups -OCH3 is 1. The number of hydrogen-bond acceptors (Lipinski definition) is 7. The fraction of sp³-hybridized carbons (Fsp3) is 0.320. The number of hydrogen-bond donors (Lipinski definition) is 0. The van der Waals surface area contributed by atoms with Crippen LogP contribution in [-0.2, 0) is 11.4 Å². The molecule has 3 heterocycles. The molecule has 8 nitrogen and oxygen atoms in total. The predicted octanol–water partition coefficient (Wildman–Crippen LogP) is 3.94. The van der Waals surface area contributed by atoms with Crippen LogP contribution in [0.2, 0.25) is 0 Å². The smallest absolute Gasteiger partial charge is 0.264 e. The Bertz CT molecular complexity index is 1160. The SMILES string of the molecule is COc1cc(C=CC(=O)N2CCN(C(=O)c3cccs3)CC2)ccc1OCc1c(C)noc1C. The maximum Gasteiger partial charge on any atom is 0.264 e. The standard InChI is InChI=1S/C25H27N3O5S/c1-17-20(18(2)33-26-17)16-32-21-8-6-19(15-22(21)31-3)7-9-24(29)27-10-12-28(13-11-27)25(30)23-5-4-14-34-23/h4-9,14-15H,10-13,16H2,1-3H3. The maximum atomic E-state index is 12.7. The highest BCUT2D eigenvalue weighted by Crippen LogP contribution is 2.30. The second-order valence-corrected chi connectivity index (χ2v) is 8.88. The predicted molar refractivity (Wildman–Crippen MR) is 129 cm³/mol. The van der Waals surface area contributed by atoms with E-state index in [0.717, 1.165) is 27.5 Å². The van der Waals surface area contributed by atoms with E-state index in [-0.39, 0.29) is 11.8 Å². The van der Waals surface area contributed by atoms with Gasteiger partial charge in [0.15, 0.2) is 11.5 Å². The molecule has 0 radical (unpaired) electrons. The molecule has 1 aliphatic heterocycles. The molecule has 1 saturated heterocycles. The molecule has 4 rings (SSSR count). The van der Waals surface area contributed by atoms with Crippen molar-refractivity contribution in [3.8, 4) is 11.5 Å². The quantitative estimate of drug-likeness (QED) is 0.475. The Kier molecular flexibility index (Phi) is 7.32. The van der Waals surface area contributed by atoms with Crippen LogP contribution in [0.4, 0.5) is 0 Å². The third-order valence-electron chi connectivity index (χ3n) is 5.77. The minimum Gasteiger partial charge on any atom is -0.493 e. The molecular weight excluding hydrogens is 454 g/mol. The second-order valence-electron chi connectivity index (χ2n) is 7.93. The van der Waals surface area contributed by atoms with Crippen molar-refractivity contribution < 1.29 is 23.6 Å². The van der Waals surface area contributed by atoms with Gasteiger partial charge in [-0.25, -0.2) is 0 Å². The first-order valence-electron chi connectivity index (χ1n) is 11.0. The number of aryl methyl sites for hydroxylation is 2. The number of nitrogens with zero attached hydrogens (tertiary/aromatic N) is 3. The van der Waals surface area contributed by atoms with E-state index in [1.165, 1.54) is 11.3 Å². The first-order chi connectivity index (χ1) is 16.5. The summed E-state index contributed by atoms with van der Waals surface area (Å²) in [7, 11) is 1.58. The summed E-state index contributed by atoms with van der Waals surface area (Å²) in [6.45, 7) is 6.13. The third kappa shape index (κ3) is 5.31. The van der Waals surface area contributed by atoms with Crippen LogP contribution >= 0.6 is 11.3 Å². The van der Waals surface area contributed by atoms with Crippen molar-refractivity contribution in [1.82, 2.24) is 15.0 Å². The van der Waals surface area contributed by atoms with E-state index in [9.17, 15) is 9.59 Å². The third-order valence-corrected chi connectivity index (χ3v) is 6.63. The zero-order valence-electron chi connectivity index (χ0n) is 19.4. The number of rotatable bonds is 7. The Morgan fingerprint density at radius 2 is 1.88 bits per heavy atom. The van der Waals surface area contributed by atoms with Gasteiger partial charge in [-0.1, -0.05) is 17.3 Å². The molecule has 0 spiro atoms. The summed E-state index contributed by atoms with van der Waals surface area (Å²) >= 11 is 1.44. The Hall–Kier alpha value is -3.59. The van der Waals surface area contributed by atoms with Crippen molar-refractivity contribution in [2.24, 2.45) is 0 Å². The maximum absolute atomic E-state index is 12.7. The van der Waals surface area contributed by atoms with Crippen LogP contribution in [0.25, 0.3) is 6.08 Å². The Labute approximate surface area is 202 Å². The second kappa shape index (κ2) is 10.6. The summed E-state index contributed by atoms with van der Waals surface area (Å²) in [6, 6.07) is 9.20. The summed E-state index contributed by atoms with van der Waals surface area (Å²) in [5.74, 6) is 1.84. The van der Waals surface area contributed by atoms with E-state index >= 15 is 0 Å². The van der Waals surface area contributed by atoms with E-state index in [2.05, 4.69) is 5.16 Å². The van der Waals surface area contributed by atoms with E-state index in [1.54, 1.807) is 29.1 Å². The lowest BCUT2D eigenvalue weighted by Gasteiger charge is -2.34. The lowest BCUT2D eigenvalue weighted by Crippen LogP contribution is -2.50. The lowest BCUT2D eigenvalue weighted by atomic mass is 10.1. The van der Waals surface area contributed by atoms with E-state index in [1.807, 2.05) is 49.6 Å². The monoisotopic (exact) mass is 481 g/mol. The van der Waals surface area contributed by atoms with E-state index in [4.69, 9.17) is 14.0 Å². The average Bonchev–Trinajstić information content (AvgIpc) is 3.51. The van der Waals surface area contributed by atoms with Crippen molar-refractivity contribution in [2.75, 3.05) is 33.3 Å². The van der Waals surface area contributed by atoms with Crippen molar-refractivity contribution in [3.63, 3.8) is 0 Å². The van der Waals surface area contributed by atoms with Crippen molar-refractivity contribution in [1.29, 1.82) is 0 Å². The number of aromatic nitrogens is 1. The fourth-order valence-electron chi connectivity index (χ4n) is 3.72. The number of ether oxygens (including phenoxy) is 2.